The van der Waals surface area contributed by atoms with Crippen LogP contribution in [0.15, 0.2) is 63.2 Å². The first-order chi connectivity index (χ1) is 14.2. The fourth-order valence-electron chi connectivity index (χ4n) is 4.06. The molecular formula is C23H25N3O2S. The maximum absolute atomic E-state index is 12.3. The lowest BCUT2D eigenvalue weighted by molar-refractivity contribution is -0.116. The molecule has 2 aliphatic rings. The number of benzene rings is 1. The van der Waals surface area contributed by atoms with Gasteiger partial charge in [0, 0.05) is 29.0 Å². The molecule has 1 N–H and O–H groups in total. The molecule has 0 saturated heterocycles. The van der Waals surface area contributed by atoms with Crippen LogP contribution in [0, 0.1) is 0 Å². The van der Waals surface area contributed by atoms with Gasteiger partial charge in [0.15, 0.2) is 0 Å². The minimum atomic E-state index is -0.153. The van der Waals surface area contributed by atoms with Gasteiger partial charge in [-0.05, 0) is 73.2 Å². The van der Waals surface area contributed by atoms with Crippen molar-refractivity contribution in [3.05, 3.63) is 63.4 Å². The highest BCUT2D eigenvalue weighted by atomic mass is 32.1. The first kappa shape index (κ1) is 19.7. The number of rotatable bonds is 7. The zero-order valence-electron chi connectivity index (χ0n) is 16.4. The van der Waals surface area contributed by atoms with Crippen molar-refractivity contribution >= 4 is 28.8 Å². The van der Waals surface area contributed by atoms with E-state index in [1.54, 1.807) is 11.3 Å². The second kappa shape index (κ2) is 9.27. The van der Waals surface area contributed by atoms with Crippen LogP contribution in [0.3, 0.4) is 0 Å². The molecular weight excluding hydrogens is 382 g/mol. The molecule has 0 spiro atoms. The number of aryl methyl sites for hydroxylation is 1. The molecule has 0 bridgehead atoms. The van der Waals surface area contributed by atoms with Crippen molar-refractivity contribution < 1.29 is 9.59 Å². The summed E-state index contributed by atoms with van der Waals surface area (Å²) in [7, 11) is 0. The van der Waals surface area contributed by atoms with Crippen molar-refractivity contribution in [1.29, 1.82) is 0 Å². The highest BCUT2D eigenvalue weighted by Gasteiger charge is 2.28. The maximum atomic E-state index is 12.3. The maximum Gasteiger partial charge on any atom is 0.291 e. The molecule has 1 aromatic heterocycles. The van der Waals surface area contributed by atoms with Gasteiger partial charge in [-0.15, -0.1) is 16.5 Å². The SMILES string of the molecule is O=C(CCCc1cccs1)Nc1cccc(CC2N=NC(=O)C3=C2CCCC3)c1. The summed E-state index contributed by atoms with van der Waals surface area (Å²) in [4.78, 5) is 25.6. The van der Waals surface area contributed by atoms with Crippen molar-refractivity contribution in [3.8, 4) is 0 Å². The summed E-state index contributed by atoms with van der Waals surface area (Å²) in [6.07, 6.45) is 6.93. The van der Waals surface area contributed by atoms with Gasteiger partial charge >= 0.3 is 0 Å². The third kappa shape index (κ3) is 5.07. The number of amides is 2. The van der Waals surface area contributed by atoms with Crippen LogP contribution in [0.25, 0.3) is 0 Å². The monoisotopic (exact) mass is 407 g/mol. The van der Waals surface area contributed by atoms with E-state index in [1.165, 1.54) is 10.5 Å². The molecule has 1 aliphatic heterocycles. The minimum Gasteiger partial charge on any atom is -0.326 e. The van der Waals surface area contributed by atoms with Crippen LogP contribution in [0.4, 0.5) is 5.69 Å². The quantitative estimate of drug-likeness (QED) is 0.660. The lowest BCUT2D eigenvalue weighted by atomic mass is 9.84. The summed E-state index contributed by atoms with van der Waals surface area (Å²) in [6, 6.07) is 12.0. The van der Waals surface area contributed by atoms with Crippen molar-refractivity contribution in [2.24, 2.45) is 10.2 Å². The Bertz CT molecular complexity index is 947. The van der Waals surface area contributed by atoms with E-state index in [1.807, 2.05) is 30.3 Å². The predicted octanol–water partition coefficient (Wildman–Crippen LogP) is 5.48. The van der Waals surface area contributed by atoms with Gasteiger partial charge in [0.05, 0.1) is 6.04 Å². The van der Waals surface area contributed by atoms with E-state index < -0.39 is 0 Å². The number of hydrogen-bond acceptors (Lipinski definition) is 4. The average Bonchev–Trinajstić information content (AvgIpc) is 3.24. The number of azo groups is 1. The molecule has 6 heteroatoms. The topological polar surface area (TPSA) is 70.9 Å². The molecule has 5 nitrogen and oxygen atoms in total. The second-order valence-electron chi connectivity index (χ2n) is 7.63. The molecule has 0 fully saturated rings. The molecule has 0 saturated carbocycles. The van der Waals surface area contributed by atoms with E-state index in [2.05, 4.69) is 27.0 Å². The van der Waals surface area contributed by atoms with Crippen LogP contribution >= 0.6 is 11.3 Å². The molecule has 4 rings (SSSR count). The molecule has 1 aliphatic carbocycles. The largest absolute Gasteiger partial charge is 0.326 e. The molecule has 2 aromatic rings. The fourth-order valence-corrected chi connectivity index (χ4v) is 4.81. The smallest absolute Gasteiger partial charge is 0.291 e. The number of carbonyl (C=O) groups excluding carboxylic acids is 2. The molecule has 1 atom stereocenters. The lowest BCUT2D eigenvalue weighted by Gasteiger charge is -2.25. The Morgan fingerprint density at radius 1 is 1.17 bits per heavy atom. The number of carbonyl (C=O) groups is 2. The van der Waals surface area contributed by atoms with Crippen LogP contribution < -0.4 is 5.32 Å². The highest BCUT2D eigenvalue weighted by molar-refractivity contribution is 7.09. The predicted molar refractivity (Wildman–Crippen MR) is 115 cm³/mol. The van der Waals surface area contributed by atoms with Gasteiger partial charge < -0.3 is 5.32 Å². The molecule has 0 radical (unpaired) electrons. The lowest BCUT2D eigenvalue weighted by Crippen LogP contribution is -2.23. The number of nitrogens with one attached hydrogen (secondary N) is 1. The fraction of sp³-hybridized carbons (Fsp3) is 0.391. The van der Waals surface area contributed by atoms with Gasteiger partial charge in [-0.2, -0.15) is 5.11 Å². The van der Waals surface area contributed by atoms with Gasteiger partial charge in [-0.25, -0.2) is 0 Å². The Labute approximate surface area is 174 Å². The third-order valence-electron chi connectivity index (χ3n) is 5.51. The summed E-state index contributed by atoms with van der Waals surface area (Å²) in [5.41, 5.74) is 3.95. The summed E-state index contributed by atoms with van der Waals surface area (Å²) in [6.45, 7) is 0. The van der Waals surface area contributed by atoms with Crippen molar-refractivity contribution in [3.63, 3.8) is 0 Å². The van der Waals surface area contributed by atoms with Crippen LogP contribution in [0.5, 0.6) is 0 Å². The zero-order valence-corrected chi connectivity index (χ0v) is 17.2. The Balaban J connectivity index is 1.35. The normalized spacial score (nSPS) is 18.6. The molecule has 1 aromatic carbocycles. The standard InChI is InChI=1S/C23H25N3O2S/c27-22(12-4-8-18-9-5-13-29-18)24-17-7-3-6-16(14-17)15-21-19-10-1-2-11-20(19)23(28)26-25-21/h3,5-7,9,13-14,21H,1-2,4,8,10-12,15H2,(H,24,27). The Morgan fingerprint density at radius 2 is 2.07 bits per heavy atom. The Hall–Kier alpha value is -2.60. The minimum absolute atomic E-state index is 0.0407. The first-order valence-electron chi connectivity index (χ1n) is 10.3. The van der Waals surface area contributed by atoms with Gasteiger partial charge in [-0.1, -0.05) is 18.2 Å². The van der Waals surface area contributed by atoms with E-state index in [0.29, 0.717) is 12.8 Å². The van der Waals surface area contributed by atoms with Gasteiger partial charge in [0.25, 0.3) is 5.91 Å². The number of hydrogen-bond donors (Lipinski definition) is 1. The number of thiophene rings is 1. The summed E-state index contributed by atoms with van der Waals surface area (Å²) < 4.78 is 0. The van der Waals surface area contributed by atoms with Crippen LogP contribution in [0.2, 0.25) is 0 Å². The third-order valence-corrected chi connectivity index (χ3v) is 6.44. The Morgan fingerprint density at radius 3 is 2.93 bits per heavy atom. The van der Waals surface area contributed by atoms with E-state index >= 15 is 0 Å². The molecule has 2 heterocycles. The van der Waals surface area contributed by atoms with E-state index in [0.717, 1.165) is 55.3 Å². The van der Waals surface area contributed by atoms with Crippen LogP contribution in [0.1, 0.15) is 49.0 Å². The van der Waals surface area contributed by atoms with E-state index in [4.69, 9.17) is 0 Å². The number of anilines is 1. The van der Waals surface area contributed by atoms with E-state index in [-0.39, 0.29) is 17.9 Å². The van der Waals surface area contributed by atoms with E-state index in [9.17, 15) is 9.59 Å². The van der Waals surface area contributed by atoms with Crippen molar-refractivity contribution in [1.82, 2.24) is 0 Å². The van der Waals surface area contributed by atoms with Gasteiger partial charge in [0.1, 0.15) is 0 Å². The summed E-state index contributed by atoms with van der Waals surface area (Å²) in [5, 5.41) is 13.2. The van der Waals surface area contributed by atoms with Crippen molar-refractivity contribution in [2.45, 2.75) is 57.4 Å². The summed E-state index contributed by atoms with van der Waals surface area (Å²) >= 11 is 1.73. The second-order valence-corrected chi connectivity index (χ2v) is 8.67. The molecule has 29 heavy (non-hydrogen) atoms. The molecule has 150 valence electrons. The molecule has 1 unspecified atom stereocenters. The summed E-state index contributed by atoms with van der Waals surface area (Å²) in [5.74, 6) is -0.113. The number of nitrogens with zero attached hydrogens (tertiary/aromatic N) is 2. The Kier molecular flexibility index (Phi) is 6.30. The van der Waals surface area contributed by atoms with Crippen LogP contribution in [-0.4, -0.2) is 17.9 Å². The highest BCUT2D eigenvalue weighted by Crippen LogP contribution is 2.33. The zero-order chi connectivity index (χ0) is 20.1. The van der Waals surface area contributed by atoms with Crippen molar-refractivity contribution in [2.75, 3.05) is 5.32 Å². The van der Waals surface area contributed by atoms with Gasteiger partial charge in [-0.3, -0.25) is 9.59 Å². The average molecular weight is 408 g/mol. The first-order valence-corrected chi connectivity index (χ1v) is 11.2. The molecule has 2 amide bonds. The van der Waals surface area contributed by atoms with Crippen LogP contribution in [-0.2, 0) is 22.4 Å². The van der Waals surface area contributed by atoms with Gasteiger partial charge in [0.2, 0.25) is 5.91 Å².